The number of nitriles is 1. The zero-order valence-electron chi connectivity index (χ0n) is 17.5. The quantitative estimate of drug-likeness (QED) is 0.358. The summed E-state index contributed by atoms with van der Waals surface area (Å²) in [5, 5.41) is 27.4. The number of rotatable bonds is 3. The largest absolute Gasteiger partial charge is 0.762 e. The number of allylic oxidation sites excluding steroid dienone is 1. The Balaban J connectivity index is 1.81. The van der Waals surface area contributed by atoms with Crippen molar-refractivity contribution in [3.05, 3.63) is 125 Å². The summed E-state index contributed by atoms with van der Waals surface area (Å²) in [5.41, 5.74) is -0.211. The summed E-state index contributed by atoms with van der Waals surface area (Å²) in [4.78, 5) is 0. The van der Waals surface area contributed by atoms with E-state index < -0.39 is 23.5 Å². The number of hydrogen-bond acceptors (Lipinski definition) is 4. The zero-order chi connectivity index (χ0) is 23.0. The van der Waals surface area contributed by atoms with E-state index in [4.69, 9.17) is 12.6 Å². The van der Waals surface area contributed by atoms with E-state index in [0.717, 1.165) is 10.8 Å². The second kappa shape index (κ2) is 8.28. The van der Waals surface area contributed by atoms with Crippen LogP contribution in [0.25, 0.3) is 10.8 Å². The van der Waals surface area contributed by atoms with E-state index in [-0.39, 0.29) is 10.6 Å². The van der Waals surface area contributed by atoms with Crippen molar-refractivity contribution in [2.45, 2.75) is 17.7 Å². The van der Waals surface area contributed by atoms with E-state index in [1.54, 1.807) is 12.1 Å². The van der Waals surface area contributed by atoms with E-state index >= 15 is 0 Å². The Hall–Kier alpha value is -3.79. The summed E-state index contributed by atoms with van der Waals surface area (Å²) in [7, 11) is 0. The second-order valence-electron chi connectivity index (χ2n) is 8.11. The molecule has 4 nitrogen and oxygen atoms in total. The Morgan fingerprint density at radius 1 is 0.970 bits per heavy atom. The van der Waals surface area contributed by atoms with Gasteiger partial charge in [-0.2, -0.15) is 9.83 Å². The minimum Gasteiger partial charge on any atom is -0.762 e. The maximum Gasteiger partial charge on any atom is 0.225 e. The standard InChI is InChI=1S/C27H20FN3OS/c28-22-12-6-9-19(15-22)24-23(16-29)26(33)30-27(32,21-10-2-1-3-11-21)25(24)31-14-13-18-7-4-5-8-20(18)17-31/h1-15,17,24-25,30,32H/t24-,25+,27+/m0/s1. The molecule has 5 rings (SSSR count). The third-order valence-electron chi connectivity index (χ3n) is 6.18. The number of pyridine rings is 1. The van der Waals surface area contributed by atoms with Crippen LogP contribution < -0.4 is 9.88 Å². The Morgan fingerprint density at radius 2 is 1.70 bits per heavy atom. The van der Waals surface area contributed by atoms with Crippen LogP contribution in [0.1, 0.15) is 23.1 Å². The molecule has 3 aromatic carbocycles. The fourth-order valence-electron chi connectivity index (χ4n) is 4.67. The molecule has 0 amide bonds. The molecule has 0 saturated heterocycles. The highest BCUT2D eigenvalue weighted by Crippen LogP contribution is 2.46. The average Bonchev–Trinajstić information content (AvgIpc) is 2.84. The molecule has 0 spiro atoms. The molecule has 0 unspecified atom stereocenters. The zero-order valence-corrected chi connectivity index (χ0v) is 18.3. The number of fused-ring (bicyclic) bond motifs is 1. The molecule has 1 aliphatic rings. The Labute approximate surface area is 196 Å². The Bertz CT molecular complexity index is 1420. The van der Waals surface area contributed by atoms with Gasteiger partial charge in [-0.15, -0.1) is 0 Å². The highest BCUT2D eigenvalue weighted by molar-refractivity contribution is 7.63. The maximum atomic E-state index is 14.3. The van der Waals surface area contributed by atoms with E-state index in [0.29, 0.717) is 11.1 Å². The third-order valence-corrected chi connectivity index (χ3v) is 6.50. The lowest BCUT2D eigenvalue weighted by Gasteiger charge is -2.45. The van der Waals surface area contributed by atoms with Gasteiger partial charge >= 0.3 is 0 Å². The molecule has 0 fully saturated rings. The van der Waals surface area contributed by atoms with Gasteiger partial charge in [0, 0.05) is 22.6 Å². The lowest BCUT2D eigenvalue weighted by Crippen LogP contribution is -2.62. The predicted octanol–water partition coefficient (Wildman–Crippen LogP) is 4.32. The fraction of sp³-hybridized carbons (Fsp3) is 0.111. The first-order valence-corrected chi connectivity index (χ1v) is 10.9. The minimum atomic E-state index is -1.65. The SMILES string of the molecule is N#CC1=C([S-])N[C@@](O)(c2ccccc2)[C@H]([n+]2ccc3ccccc3c2)[C@H]1c1cccc(F)c1. The normalized spacial score (nSPS) is 22.6. The van der Waals surface area contributed by atoms with Crippen LogP contribution in [0.2, 0.25) is 0 Å². The van der Waals surface area contributed by atoms with Gasteiger partial charge in [0.2, 0.25) is 11.8 Å². The van der Waals surface area contributed by atoms with Gasteiger partial charge in [-0.05, 0) is 29.1 Å². The maximum absolute atomic E-state index is 14.3. The van der Waals surface area contributed by atoms with Gasteiger partial charge in [0.1, 0.15) is 5.82 Å². The van der Waals surface area contributed by atoms with Gasteiger partial charge in [0.15, 0.2) is 12.4 Å². The van der Waals surface area contributed by atoms with Crippen molar-refractivity contribution in [2.24, 2.45) is 0 Å². The number of aromatic nitrogens is 1. The third kappa shape index (κ3) is 3.62. The van der Waals surface area contributed by atoms with Gasteiger partial charge in [0.05, 0.1) is 12.0 Å². The van der Waals surface area contributed by atoms with Crippen LogP contribution in [0.5, 0.6) is 0 Å². The molecule has 3 atom stereocenters. The molecular weight excluding hydrogens is 433 g/mol. The number of nitrogens with zero attached hydrogens (tertiary/aromatic N) is 2. The molecule has 4 aromatic rings. The van der Waals surface area contributed by atoms with Crippen LogP contribution in [-0.4, -0.2) is 5.11 Å². The predicted molar refractivity (Wildman–Crippen MR) is 126 cm³/mol. The number of benzene rings is 3. The van der Waals surface area contributed by atoms with Crippen molar-refractivity contribution in [3.8, 4) is 6.07 Å². The fourth-order valence-corrected chi connectivity index (χ4v) is 5.00. The average molecular weight is 454 g/mol. The molecule has 0 bridgehead atoms. The summed E-state index contributed by atoms with van der Waals surface area (Å²) in [6.07, 6.45) is 3.81. The van der Waals surface area contributed by atoms with Crippen molar-refractivity contribution in [2.75, 3.05) is 0 Å². The Morgan fingerprint density at radius 3 is 2.42 bits per heavy atom. The molecule has 0 aliphatic carbocycles. The van der Waals surface area contributed by atoms with Crippen LogP contribution in [0.4, 0.5) is 4.39 Å². The van der Waals surface area contributed by atoms with Crippen LogP contribution >= 0.6 is 0 Å². The van der Waals surface area contributed by atoms with Crippen LogP contribution in [0.15, 0.2) is 108 Å². The van der Waals surface area contributed by atoms with Gasteiger partial charge in [-0.25, -0.2) is 4.39 Å². The molecular formula is C27H20FN3OS. The molecule has 6 heteroatoms. The van der Waals surface area contributed by atoms with E-state index in [1.807, 2.05) is 77.6 Å². The van der Waals surface area contributed by atoms with Crippen molar-refractivity contribution >= 4 is 23.4 Å². The smallest absolute Gasteiger partial charge is 0.225 e. The summed E-state index contributed by atoms with van der Waals surface area (Å²) in [6, 6.07) is 26.6. The highest BCUT2D eigenvalue weighted by Gasteiger charge is 2.54. The molecule has 1 aromatic heterocycles. The van der Waals surface area contributed by atoms with E-state index in [1.165, 1.54) is 12.1 Å². The number of nitrogens with one attached hydrogen (secondary N) is 1. The lowest BCUT2D eigenvalue weighted by molar-refractivity contribution is -0.742. The number of aliphatic hydroxyl groups is 1. The molecule has 0 radical (unpaired) electrons. The summed E-state index contributed by atoms with van der Waals surface area (Å²) in [6.45, 7) is 0. The first-order valence-electron chi connectivity index (χ1n) is 10.5. The highest BCUT2D eigenvalue weighted by atomic mass is 32.1. The molecule has 2 N–H and O–H groups in total. The Kier molecular flexibility index (Phi) is 5.29. The van der Waals surface area contributed by atoms with Crippen molar-refractivity contribution in [1.82, 2.24) is 5.32 Å². The van der Waals surface area contributed by atoms with E-state index in [2.05, 4.69) is 11.4 Å². The van der Waals surface area contributed by atoms with Gasteiger partial charge < -0.3 is 23.1 Å². The van der Waals surface area contributed by atoms with Crippen LogP contribution in [0.3, 0.4) is 0 Å². The molecule has 162 valence electrons. The van der Waals surface area contributed by atoms with Gasteiger partial charge in [-0.3, -0.25) is 0 Å². The van der Waals surface area contributed by atoms with Gasteiger partial charge in [-0.1, -0.05) is 65.7 Å². The lowest BCUT2D eigenvalue weighted by atomic mass is 9.75. The number of hydrogen-bond donors (Lipinski definition) is 2. The first-order chi connectivity index (χ1) is 16.0. The van der Waals surface area contributed by atoms with Crippen LogP contribution in [-0.2, 0) is 18.4 Å². The monoisotopic (exact) mass is 453 g/mol. The molecule has 1 aliphatic heterocycles. The minimum absolute atomic E-state index is 0.149. The topological polar surface area (TPSA) is 59.9 Å². The molecule has 0 saturated carbocycles. The molecule has 2 heterocycles. The number of halogens is 1. The first kappa shape index (κ1) is 21.1. The van der Waals surface area contributed by atoms with E-state index in [9.17, 15) is 14.8 Å². The summed E-state index contributed by atoms with van der Waals surface area (Å²) < 4.78 is 16.2. The van der Waals surface area contributed by atoms with Gasteiger partial charge in [0.25, 0.3) is 0 Å². The summed E-state index contributed by atoms with van der Waals surface area (Å²) >= 11 is 5.53. The van der Waals surface area contributed by atoms with Crippen LogP contribution in [0, 0.1) is 17.1 Å². The summed E-state index contributed by atoms with van der Waals surface area (Å²) in [5.74, 6) is -1.10. The van der Waals surface area contributed by atoms with Crippen molar-refractivity contribution in [3.63, 3.8) is 0 Å². The second-order valence-corrected chi connectivity index (χ2v) is 8.52. The molecule has 33 heavy (non-hydrogen) atoms. The van der Waals surface area contributed by atoms with Crippen molar-refractivity contribution < 1.29 is 14.1 Å². The van der Waals surface area contributed by atoms with Crippen molar-refractivity contribution in [1.29, 1.82) is 5.26 Å².